The largest absolute Gasteiger partial charge is 0.492 e. The molecule has 2 rings (SSSR count). The zero-order valence-electron chi connectivity index (χ0n) is 11.4. The van der Waals surface area contributed by atoms with Crippen LogP contribution in [0.1, 0.15) is 25.5 Å². The molecule has 0 aliphatic rings. The van der Waals surface area contributed by atoms with Crippen molar-refractivity contribution < 1.29 is 9.13 Å². The Morgan fingerprint density at radius 2 is 2.15 bits per heavy atom. The first-order valence-corrected chi connectivity index (χ1v) is 6.77. The summed E-state index contributed by atoms with van der Waals surface area (Å²) in [6.07, 6.45) is 2.81. The van der Waals surface area contributed by atoms with Crippen molar-refractivity contribution in [2.75, 3.05) is 11.9 Å². The SMILES string of the molecule is CCOc1ccc(Cl)cc1NC(C)c1cncc(F)c1. The van der Waals surface area contributed by atoms with Crippen molar-refractivity contribution in [1.82, 2.24) is 4.98 Å². The number of anilines is 1. The molecule has 1 aromatic carbocycles. The van der Waals surface area contributed by atoms with E-state index in [0.717, 1.165) is 11.3 Å². The van der Waals surface area contributed by atoms with Gasteiger partial charge in [-0.05, 0) is 43.7 Å². The Morgan fingerprint density at radius 3 is 2.85 bits per heavy atom. The fourth-order valence-electron chi connectivity index (χ4n) is 1.88. The van der Waals surface area contributed by atoms with Gasteiger partial charge in [0.25, 0.3) is 0 Å². The first-order chi connectivity index (χ1) is 9.60. The molecule has 1 unspecified atom stereocenters. The third-order valence-corrected chi connectivity index (χ3v) is 3.07. The summed E-state index contributed by atoms with van der Waals surface area (Å²) < 4.78 is 18.7. The molecule has 0 fully saturated rings. The van der Waals surface area contributed by atoms with Crippen LogP contribution in [0, 0.1) is 5.82 Å². The maximum Gasteiger partial charge on any atom is 0.142 e. The third kappa shape index (κ3) is 3.61. The van der Waals surface area contributed by atoms with Crippen LogP contribution in [-0.2, 0) is 0 Å². The minimum absolute atomic E-state index is 0.115. The molecule has 1 N–H and O–H groups in total. The molecule has 1 aromatic heterocycles. The van der Waals surface area contributed by atoms with E-state index in [4.69, 9.17) is 16.3 Å². The van der Waals surface area contributed by atoms with Crippen LogP contribution in [0.15, 0.2) is 36.7 Å². The Bertz CT molecular complexity index is 592. The van der Waals surface area contributed by atoms with E-state index in [1.54, 1.807) is 18.3 Å². The molecule has 106 valence electrons. The summed E-state index contributed by atoms with van der Waals surface area (Å²) in [4.78, 5) is 3.85. The van der Waals surface area contributed by atoms with E-state index in [9.17, 15) is 4.39 Å². The Balaban J connectivity index is 2.22. The van der Waals surface area contributed by atoms with Crippen molar-refractivity contribution in [3.05, 3.63) is 53.1 Å². The van der Waals surface area contributed by atoms with E-state index in [2.05, 4.69) is 10.3 Å². The summed E-state index contributed by atoms with van der Waals surface area (Å²) >= 11 is 6.00. The normalized spacial score (nSPS) is 12.0. The van der Waals surface area contributed by atoms with Gasteiger partial charge < -0.3 is 10.1 Å². The fourth-order valence-corrected chi connectivity index (χ4v) is 2.05. The molecular weight excluding hydrogens is 279 g/mol. The van der Waals surface area contributed by atoms with Gasteiger partial charge in [0.15, 0.2) is 0 Å². The van der Waals surface area contributed by atoms with Gasteiger partial charge in [0.1, 0.15) is 11.6 Å². The molecule has 0 spiro atoms. The molecule has 0 amide bonds. The molecule has 20 heavy (non-hydrogen) atoms. The zero-order valence-corrected chi connectivity index (χ0v) is 12.1. The summed E-state index contributed by atoms with van der Waals surface area (Å²) in [5.41, 5.74) is 1.53. The quantitative estimate of drug-likeness (QED) is 0.885. The van der Waals surface area contributed by atoms with Crippen LogP contribution >= 0.6 is 11.6 Å². The average molecular weight is 295 g/mol. The first-order valence-electron chi connectivity index (χ1n) is 6.39. The molecule has 0 saturated heterocycles. The number of ether oxygens (including phenoxy) is 1. The molecule has 0 aliphatic heterocycles. The van der Waals surface area contributed by atoms with Gasteiger partial charge in [-0.3, -0.25) is 4.98 Å². The summed E-state index contributed by atoms with van der Waals surface area (Å²) in [7, 11) is 0. The van der Waals surface area contributed by atoms with E-state index >= 15 is 0 Å². The van der Waals surface area contributed by atoms with E-state index < -0.39 is 0 Å². The topological polar surface area (TPSA) is 34.1 Å². The average Bonchev–Trinajstić information content (AvgIpc) is 2.42. The van der Waals surface area contributed by atoms with Crippen molar-refractivity contribution in [2.45, 2.75) is 19.9 Å². The number of hydrogen-bond donors (Lipinski definition) is 1. The summed E-state index contributed by atoms with van der Waals surface area (Å²) in [5.74, 6) is 0.361. The van der Waals surface area contributed by atoms with Crippen LogP contribution in [0.25, 0.3) is 0 Å². The summed E-state index contributed by atoms with van der Waals surface area (Å²) in [6, 6.07) is 6.71. The number of halogens is 2. The van der Waals surface area contributed by atoms with Crippen LogP contribution in [0.4, 0.5) is 10.1 Å². The van der Waals surface area contributed by atoms with Gasteiger partial charge in [-0.1, -0.05) is 11.6 Å². The lowest BCUT2D eigenvalue weighted by Crippen LogP contribution is -2.09. The highest BCUT2D eigenvalue weighted by Crippen LogP contribution is 2.31. The predicted molar refractivity (Wildman–Crippen MR) is 78.9 cm³/mol. The second-order valence-corrected chi connectivity index (χ2v) is 4.81. The van der Waals surface area contributed by atoms with Crippen LogP contribution in [-0.4, -0.2) is 11.6 Å². The highest BCUT2D eigenvalue weighted by Gasteiger charge is 2.11. The standard InChI is InChI=1S/C15H16ClFN2O/c1-3-20-15-5-4-12(16)7-14(15)19-10(2)11-6-13(17)9-18-8-11/h4-10,19H,3H2,1-2H3. The molecule has 5 heteroatoms. The smallest absolute Gasteiger partial charge is 0.142 e. The minimum Gasteiger partial charge on any atom is -0.492 e. The van der Waals surface area contributed by atoms with Crippen molar-refractivity contribution in [1.29, 1.82) is 0 Å². The van der Waals surface area contributed by atoms with Gasteiger partial charge in [0.2, 0.25) is 0 Å². The molecule has 0 bridgehead atoms. The second-order valence-electron chi connectivity index (χ2n) is 4.38. The predicted octanol–water partition coefficient (Wildman–Crippen LogP) is 4.45. The van der Waals surface area contributed by atoms with Crippen molar-refractivity contribution in [3.63, 3.8) is 0 Å². The van der Waals surface area contributed by atoms with E-state index in [0.29, 0.717) is 17.4 Å². The second kappa shape index (κ2) is 6.57. The number of rotatable bonds is 5. The van der Waals surface area contributed by atoms with Crippen LogP contribution < -0.4 is 10.1 Å². The molecule has 0 saturated carbocycles. The number of aromatic nitrogens is 1. The van der Waals surface area contributed by atoms with Crippen molar-refractivity contribution in [3.8, 4) is 5.75 Å². The zero-order chi connectivity index (χ0) is 14.5. The van der Waals surface area contributed by atoms with E-state index in [-0.39, 0.29) is 11.9 Å². The van der Waals surface area contributed by atoms with Crippen molar-refractivity contribution in [2.24, 2.45) is 0 Å². The third-order valence-electron chi connectivity index (χ3n) is 2.84. The molecule has 3 nitrogen and oxygen atoms in total. The maximum atomic E-state index is 13.2. The molecule has 1 atom stereocenters. The number of benzene rings is 1. The monoisotopic (exact) mass is 294 g/mol. The van der Waals surface area contributed by atoms with Gasteiger partial charge >= 0.3 is 0 Å². The van der Waals surface area contributed by atoms with Crippen molar-refractivity contribution >= 4 is 17.3 Å². The molecular formula is C15H16ClFN2O. The van der Waals surface area contributed by atoms with E-state index in [1.165, 1.54) is 12.3 Å². The lowest BCUT2D eigenvalue weighted by Gasteiger charge is -2.18. The Labute approximate surface area is 122 Å². The Kier molecular flexibility index (Phi) is 4.79. The van der Waals surface area contributed by atoms with E-state index in [1.807, 2.05) is 19.9 Å². The molecule has 2 aromatic rings. The fraction of sp³-hybridized carbons (Fsp3) is 0.267. The lowest BCUT2D eigenvalue weighted by molar-refractivity contribution is 0.341. The van der Waals surface area contributed by atoms with Gasteiger partial charge in [-0.2, -0.15) is 0 Å². The first kappa shape index (κ1) is 14.6. The molecule has 1 heterocycles. The maximum absolute atomic E-state index is 13.2. The Morgan fingerprint density at radius 1 is 1.35 bits per heavy atom. The lowest BCUT2D eigenvalue weighted by atomic mass is 10.1. The number of pyridine rings is 1. The highest BCUT2D eigenvalue weighted by molar-refractivity contribution is 6.30. The Hall–Kier alpha value is -1.81. The summed E-state index contributed by atoms with van der Waals surface area (Å²) in [5, 5.41) is 3.88. The minimum atomic E-state index is -0.354. The number of hydrogen-bond acceptors (Lipinski definition) is 3. The highest BCUT2D eigenvalue weighted by atomic mass is 35.5. The van der Waals surface area contributed by atoms with Crippen LogP contribution in [0.5, 0.6) is 5.75 Å². The van der Waals surface area contributed by atoms with Gasteiger partial charge in [0, 0.05) is 11.2 Å². The van der Waals surface area contributed by atoms with Gasteiger partial charge in [-0.15, -0.1) is 0 Å². The van der Waals surface area contributed by atoms with Crippen LogP contribution in [0.3, 0.4) is 0 Å². The van der Waals surface area contributed by atoms with Gasteiger partial charge in [0.05, 0.1) is 24.5 Å². The van der Waals surface area contributed by atoms with Gasteiger partial charge in [-0.25, -0.2) is 4.39 Å². The number of nitrogens with zero attached hydrogens (tertiary/aromatic N) is 1. The van der Waals surface area contributed by atoms with Crippen LogP contribution in [0.2, 0.25) is 5.02 Å². The summed E-state index contributed by atoms with van der Waals surface area (Å²) in [6.45, 7) is 4.40. The number of nitrogens with one attached hydrogen (secondary N) is 1. The molecule has 0 radical (unpaired) electrons. The molecule has 0 aliphatic carbocycles.